The fraction of sp³-hybridized carbons (Fsp3) is 0.588. The van der Waals surface area contributed by atoms with Crippen molar-refractivity contribution in [1.29, 1.82) is 0 Å². The summed E-state index contributed by atoms with van der Waals surface area (Å²) in [7, 11) is -3.40. The summed E-state index contributed by atoms with van der Waals surface area (Å²) in [5.41, 5.74) is -1.30. The Morgan fingerprint density at radius 3 is 1.92 bits per heavy atom. The van der Waals surface area contributed by atoms with Gasteiger partial charge in [-0.05, 0) is 65.8 Å². The van der Waals surface area contributed by atoms with Gasteiger partial charge in [0.25, 0.3) is 0 Å². The fourth-order valence-corrected chi connectivity index (χ4v) is 4.23. The van der Waals surface area contributed by atoms with Gasteiger partial charge in [-0.2, -0.15) is 0 Å². The molecular formula is C17H26N2O5P. The Kier molecular flexibility index (Phi) is 5.36. The summed E-state index contributed by atoms with van der Waals surface area (Å²) in [6.07, 6.45) is 0. The average molecular weight is 369 g/mol. The van der Waals surface area contributed by atoms with Gasteiger partial charge in [0, 0.05) is 5.21 Å². The lowest BCUT2D eigenvalue weighted by Crippen LogP contribution is -2.53. The predicted octanol–water partition coefficient (Wildman–Crippen LogP) is 3.05. The van der Waals surface area contributed by atoms with Crippen LogP contribution in [0.2, 0.25) is 0 Å². The normalized spacial score (nSPS) is 19.6. The minimum absolute atomic E-state index is 0.0456. The van der Waals surface area contributed by atoms with Gasteiger partial charge in [0.15, 0.2) is 5.54 Å². The first-order valence-electron chi connectivity index (χ1n) is 8.34. The molecule has 0 aromatic heterocycles. The van der Waals surface area contributed by atoms with Crippen LogP contribution in [0.25, 0.3) is 0 Å². The van der Waals surface area contributed by atoms with Crippen molar-refractivity contribution >= 4 is 18.7 Å². The van der Waals surface area contributed by atoms with Crippen LogP contribution in [-0.4, -0.2) is 39.9 Å². The van der Waals surface area contributed by atoms with Gasteiger partial charge in [0.1, 0.15) is 5.54 Å². The first kappa shape index (κ1) is 19.9. The monoisotopic (exact) mass is 369 g/mol. The van der Waals surface area contributed by atoms with Crippen molar-refractivity contribution in [1.82, 2.24) is 5.06 Å². The van der Waals surface area contributed by atoms with E-state index in [2.05, 4.69) is 0 Å². The fourth-order valence-electron chi connectivity index (χ4n) is 2.66. The Hall–Kier alpha value is -1.40. The molecule has 1 radical (unpaired) electrons. The highest BCUT2D eigenvalue weighted by atomic mass is 31.2. The largest absolute Gasteiger partial charge is 0.714 e. The van der Waals surface area contributed by atoms with Crippen molar-refractivity contribution < 1.29 is 23.6 Å². The van der Waals surface area contributed by atoms with E-state index in [0.717, 1.165) is 9.80 Å². The third kappa shape index (κ3) is 3.10. The maximum atomic E-state index is 12.8. The van der Waals surface area contributed by atoms with E-state index in [1.165, 1.54) is 0 Å². The van der Waals surface area contributed by atoms with Crippen LogP contribution < -0.4 is 5.30 Å². The second-order valence-electron chi connectivity index (χ2n) is 6.91. The third-order valence-electron chi connectivity index (χ3n) is 4.94. The lowest BCUT2D eigenvalue weighted by atomic mass is 9.84. The minimum atomic E-state index is -3.40. The van der Waals surface area contributed by atoms with Crippen molar-refractivity contribution in [2.75, 3.05) is 13.2 Å². The zero-order valence-electron chi connectivity index (χ0n) is 15.6. The summed E-state index contributed by atoms with van der Waals surface area (Å²) in [4.78, 5) is 0. The van der Waals surface area contributed by atoms with E-state index in [1.807, 2.05) is 0 Å². The van der Waals surface area contributed by atoms with E-state index in [-0.39, 0.29) is 19.0 Å². The quantitative estimate of drug-likeness (QED) is 0.437. The molecule has 1 aromatic carbocycles. The molecule has 0 unspecified atom stereocenters. The van der Waals surface area contributed by atoms with E-state index >= 15 is 0 Å². The number of benzene rings is 1. The molecule has 0 saturated heterocycles. The van der Waals surface area contributed by atoms with Gasteiger partial charge in [-0.3, -0.25) is 9.30 Å². The number of nitrogens with zero attached hydrogens (tertiary/aromatic N) is 2. The molecule has 0 aliphatic carbocycles. The molecule has 0 saturated carbocycles. The van der Waals surface area contributed by atoms with Crippen molar-refractivity contribution in [2.45, 2.75) is 52.6 Å². The molecule has 139 valence electrons. The summed E-state index contributed by atoms with van der Waals surface area (Å²) in [5, 5.41) is 26.5. The van der Waals surface area contributed by atoms with Crippen LogP contribution >= 0.6 is 7.60 Å². The topological polar surface area (TPSA) is 84.7 Å². The van der Waals surface area contributed by atoms with Crippen LogP contribution in [0.15, 0.2) is 24.3 Å². The Balaban J connectivity index is 2.44. The van der Waals surface area contributed by atoms with Crippen molar-refractivity contribution in [3.05, 3.63) is 35.0 Å². The van der Waals surface area contributed by atoms with Crippen LogP contribution in [0.4, 0.5) is 0 Å². The van der Waals surface area contributed by atoms with Gasteiger partial charge < -0.3 is 14.3 Å². The van der Waals surface area contributed by atoms with E-state index in [0.29, 0.717) is 10.9 Å². The maximum Gasteiger partial charge on any atom is 0.361 e. The van der Waals surface area contributed by atoms with Crippen LogP contribution in [-0.2, 0) is 18.8 Å². The van der Waals surface area contributed by atoms with E-state index in [1.54, 1.807) is 65.8 Å². The van der Waals surface area contributed by atoms with Crippen molar-refractivity contribution in [2.24, 2.45) is 0 Å². The molecule has 1 aliphatic rings. The highest BCUT2D eigenvalue weighted by Gasteiger charge is 2.59. The maximum absolute atomic E-state index is 12.8. The molecule has 7 nitrogen and oxygen atoms in total. The number of amidine groups is 1. The van der Waals surface area contributed by atoms with Gasteiger partial charge in [0.2, 0.25) is 0 Å². The van der Waals surface area contributed by atoms with Gasteiger partial charge >= 0.3 is 13.4 Å². The zero-order valence-corrected chi connectivity index (χ0v) is 16.5. The third-order valence-corrected chi connectivity index (χ3v) is 7.06. The molecule has 2 rings (SSSR count). The molecular weight excluding hydrogens is 343 g/mol. The summed E-state index contributed by atoms with van der Waals surface area (Å²) in [6, 6.07) is 6.36. The van der Waals surface area contributed by atoms with Crippen molar-refractivity contribution in [3.8, 4) is 0 Å². The molecule has 8 heteroatoms. The lowest BCUT2D eigenvalue weighted by Gasteiger charge is -2.32. The summed E-state index contributed by atoms with van der Waals surface area (Å²) in [6.45, 7) is 10.9. The van der Waals surface area contributed by atoms with E-state index in [4.69, 9.17) is 9.05 Å². The minimum Gasteiger partial charge on any atom is -0.714 e. The average Bonchev–Trinajstić information content (AvgIpc) is 2.66. The highest BCUT2D eigenvalue weighted by Crippen LogP contribution is 2.46. The molecule has 0 N–H and O–H groups in total. The summed E-state index contributed by atoms with van der Waals surface area (Å²) >= 11 is 0. The Morgan fingerprint density at radius 2 is 1.56 bits per heavy atom. The number of hydrogen-bond donors (Lipinski definition) is 0. The summed E-state index contributed by atoms with van der Waals surface area (Å²) < 4.78 is 24.2. The summed E-state index contributed by atoms with van der Waals surface area (Å²) in [5.74, 6) is 0.0456. The first-order chi connectivity index (χ1) is 11.5. The van der Waals surface area contributed by atoms with Crippen LogP contribution in [0.3, 0.4) is 0 Å². The molecule has 0 atom stereocenters. The van der Waals surface area contributed by atoms with Crippen molar-refractivity contribution in [3.63, 3.8) is 0 Å². The number of hydrogen-bond acceptors (Lipinski definition) is 5. The molecule has 1 aromatic rings. The van der Waals surface area contributed by atoms with Gasteiger partial charge in [0.05, 0.1) is 24.1 Å². The van der Waals surface area contributed by atoms with Gasteiger partial charge in [-0.15, -0.1) is 0 Å². The van der Waals surface area contributed by atoms with Gasteiger partial charge in [-0.1, -0.05) is 5.06 Å². The molecule has 0 amide bonds. The van der Waals surface area contributed by atoms with E-state index in [9.17, 15) is 15.0 Å². The molecule has 1 aliphatic heterocycles. The van der Waals surface area contributed by atoms with E-state index < -0.39 is 18.7 Å². The molecule has 25 heavy (non-hydrogen) atoms. The predicted molar refractivity (Wildman–Crippen MR) is 95.4 cm³/mol. The lowest BCUT2D eigenvalue weighted by molar-refractivity contribution is -0.539. The standard InChI is InChI=1S/C17H26N2O5P/c1-7-23-25(22,24-8-2)14-11-9-13(10-12-14)15-18(20)16(3,4)17(5,6)19(15)21/h9-12H,7-8H2,1-6H3. The van der Waals surface area contributed by atoms with Crippen LogP contribution in [0.1, 0.15) is 47.1 Å². The second-order valence-corrected chi connectivity index (χ2v) is 8.94. The number of rotatable bonds is 6. The Morgan fingerprint density at radius 1 is 1.08 bits per heavy atom. The van der Waals surface area contributed by atoms with Gasteiger partial charge in [-0.25, -0.2) is 0 Å². The number of hydroxylamine groups is 3. The smallest absolute Gasteiger partial charge is 0.361 e. The second kappa shape index (κ2) is 6.72. The molecule has 1 heterocycles. The Bertz CT molecular complexity index is 702. The molecule has 0 bridgehead atoms. The SMILES string of the molecule is CCOP(=O)(OCC)c1ccc(C2=[N+]([O-])C(C)(C)C(C)(C)N2[O])cc1. The molecule has 0 fully saturated rings. The van der Waals surface area contributed by atoms with Crippen LogP contribution in [0.5, 0.6) is 0 Å². The molecule has 0 spiro atoms. The first-order valence-corrected chi connectivity index (χ1v) is 9.89. The Labute approximate surface area is 148 Å². The zero-order chi connectivity index (χ0) is 19.0. The van der Waals surface area contributed by atoms with Crippen LogP contribution in [0, 0.1) is 5.21 Å². The highest BCUT2D eigenvalue weighted by molar-refractivity contribution is 7.62.